The van der Waals surface area contributed by atoms with Gasteiger partial charge in [0.2, 0.25) is 12.3 Å². The van der Waals surface area contributed by atoms with E-state index in [1.54, 1.807) is 36.4 Å². The molecule has 1 atom stereocenters. The molecule has 0 fully saturated rings. The molecule has 0 saturated carbocycles. The van der Waals surface area contributed by atoms with Gasteiger partial charge in [0, 0.05) is 12.1 Å². The number of hydrogen-bond donors (Lipinski definition) is 1. The standard InChI is InChI=1S/C19H16FN3O4/c1-12(17(24)21-10-13-2-8-16(20)9-3-13)27-19(25)15-6-4-14(5-7-15)18-23-22-11-26-18/h2-9,11-12H,10H2,1H3,(H,21,24)/t12-/m0/s1. The Balaban J connectivity index is 1.53. The van der Waals surface area contributed by atoms with E-state index >= 15 is 0 Å². The summed E-state index contributed by atoms with van der Waals surface area (Å²) < 4.78 is 23.1. The molecule has 0 unspecified atom stereocenters. The lowest BCUT2D eigenvalue weighted by atomic mass is 10.1. The average molecular weight is 369 g/mol. The monoisotopic (exact) mass is 369 g/mol. The predicted molar refractivity (Wildman–Crippen MR) is 92.9 cm³/mol. The van der Waals surface area contributed by atoms with Gasteiger partial charge in [-0.3, -0.25) is 4.79 Å². The summed E-state index contributed by atoms with van der Waals surface area (Å²) >= 11 is 0. The Kier molecular flexibility index (Phi) is 5.55. The van der Waals surface area contributed by atoms with Crippen LogP contribution in [0.3, 0.4) is 0 Å². The van der Waals surface area contributed by atoms with Gasteiger partial charge in [0.05, 0.1) is 5.56 Å². The zero-order valence-corrected chi connectivity index (χ0v) is 14.4. The van der Waals surface area contributed by atoms with Crippen molar-refractivity contribution in [3.05, 3.63) is 71.9 Å². The van der Waals surface area contributed by atoms with Gasteiger partial charge in [-0.05, 0) is 48.9 Å². The van der Waals surface area contributed by atoms with E-state index in [9.17, 15) is 14.0 Å². The van der Waals surface area contributed by atoms with Gasteiger partial charge in [0.1, 0.15) is 5.82 Å². The molecule has 3 rings (SSSR count). The number of esters is 1. The minimum atomic E-state index is -0.978. The summed E-state index contributed by atoms with van der Waals surface area (Å²) in [4.78, 5) is 24.2. The van der Waals surface area contributed by atoms with Crippen LogP contribution in [0.15, 0.2) is 59.3 Å². The second-order valence-corrected chi connectivity index (χ2v) is 5.71. The van der Waals surface area contributed by atoms with E-state index in [1.807, 2.05) is 0 Å². The number of rotatable bonds is 6. The fraction of sp³-hybridized carbons (Fsp3) is 0.158. The molecule has 0 spiro atoms. The van der Waals surface area contributed by atoms with Gasteiger partial charge in [0.15, 0.2) is 6.10 Å². The molecule has 3 aromatic rings. The van der Waals surface area contributed by atoms with Crippen molar-refractivity contribution >= 4 is 11.9 Å². The summed E-state index contributed by atoms with van der Waals surface area (Å²) in [6, 6.07) is 12.1. The van der Waals surface area contributed by atoms with E-state index in [0.29, 0.717) is 11.5 Å². The maximum Gasteiger partial charge on any atom is 0.338 e. The molecule has 0 radical (unpaired) electrons. The summed E-state index contributed by atoms with van der Waals surface area (Å²) in [6.07, 6.45) is 0.234. The quantitative estimate of drug-likeness (QED) is 0.672. The summed E-state index contributed by atoms with van der Waals surface area (Å²) in [5.41, 5.74) is 1.69. The molecule has 0 aliphatic heterocycles. The van der Waals surface area contributed by atoms with Crippen LogP contribution in [0.1, 0.15) is 22.8 Å². The van der Waals surface area contributed by atoms with Crippen molar-refractivity contribution in [1.29, 1.82) is 0 Å². The first-order chi connectivity index (χ1) is 13.0. The third kappa shape index (κ3) is 4.75. The fourth-order valence-corrected chi connectivity index (χ4v) is 2.27. The normalized spacial score (nSPS) is 11.6. The number of ether oxygens (including phenoxy) is 1. The summed E-state index contributed by atoms with van der Waals surface area (Å²) in [5.74, 6) is -1.09. The van der Waals surface area contributed by atoms with Gasteiger partial charge in [-0.25, -0.2) is 9.18 Å². The molecule has 1 heterocycles. The molecule has 138 valence electrons. The smallest absolute Gasteiger partial charge is 0.338 e. The SMILES string of the molecule is C[C@H](OC(=O)c1ccc(-c2nnco2)cc1)C(=O)NCc1ccc(F)cc1. The zero-order chi connectivity index (χ0) is 19.2. The number of carbonyl (C=O) groups is 2. The number of amides is 1. The Labute approximate surface area is 154 Å². The number of nitrogens with one attached hydrogen (secondary N) is 1. The Bertz CT molecular complexity index is 909. The van der Waals surface area contributed by atoms with E-state index in [-0.39, 0.29) is 17.9 Å². The Hall–Kier alpha value is -3.55. The van der Waals surface area contributed by atoms with Crippen molar-refractivity contribution in [2.75, 3.05) is 0 Å². The number of hydrogen-bond acceptors (Lipinski definition) is 6. The maximum atomic E-state index is 12.9. The Morgan fingerprint density at radius 1 is 1.15 bits per heavy atom. The van der Waals surface area contributed by atoms with Crippen LogP contribution < -0.4 is 5.32 Å². The second kappa shape index (κ2) is 8.22. The maximum absolute atomic E-state index is 12.9. The van der Waals surface area contributed by atoms with Crippen molar-refractivity contribution in [2.24, 2.45) is 0 Å². The van der Waals surface area contributed by atoms with Crippen molar-refractivity contribution in [3.8, 4) is 11.5 Å². The lowest BCUT2D eigenvalue weighted by molar-refractivity contribution is -0.129. The van der Waals surface area contributed by atoms with Gasteiger partial charge >= 0.3 is 5.97 Å². The summed E-state index contributed by atoms with van der Waals surface area (Å²) in [7, 11) is 0. The molecule has 7 nitrogen and oxygen atoms in total. The fourth-order valence-electron chi connectivity index (χ4n) is 2.27. The van der Waals surface area contributed by atoms with Crippen molar-refractivity contribution < 1.29 is 23.1 Å². The van der Waals surface area contributed by atoms with Gasteiger partial charge in [0.25, 0.3) is 5.91 Å². The minimum absolute atomic E-state index is 0.208. The highest BCUT2D eigenvalue weighted by Crippen LogP contribution is 2.17. The summed E-state index contributed by atoms with van der Waals surface area (Å²) in [5, 5.41) is 10.00. The lowest BCUT2D eigenvalue weighted by Gasteiger charge is -2.13. The lowest BCUT2D eigenvalue weighted by Crippen LogP contribution is -2.35. The predicted octanol–water partition coefficient (Wildman–Crippen LogP) is 2.74. The molecule has 2 aromatic carbocycles. The molecule has 1 amide bonds. The number of benzene rings is 2. The molecule has 0 saturated heterocycles. The topological polar surface area (TPSA) is 94.3 Å². The zero-order valence-electron chi connectivity index (χ0n) is 14.4. The van der Waals surface area contributed by atoms with Crippen LogP contribution in [-0.4, -0.2) is 28.2 Å². The molecular formula is C19H16FN3O4. The van der Waals surface area contributed by atoms with Gasteiger partial charge in [-0.1, -0.05) is 12.1 Å². The van der Waals surface area contributed by atoms with E-state index in [4.69, 9.17) is 9.15 Å². The molecule has 0 bridgehead atoms. The first kappa shape index (κ1) is 18.2. The number of nitrogens with zero attached hydrogens (tertiary/aromatic N) is 2. The van der Waals surface area contributed by atoms with Crippen LogP contribution in [0, 0.1) is 5.82 Å². The molecular weight excluding hydrogens is 353 g/mol. The Morgan fingerprint density at radius 3 is 2.48 bits per heavy atom. The number of aromatic nitrogens is 2. The highest BCUT2D eigenvalue weighted by atomic mass is 19.1. The Morgan fingerprint density at radius 2 is 1.85 bits per heavy atom. The molecule has 27 heavy (non-hydrogen) atoms. The van der Waals surface area contributed by atoms with Crippen LogP contribution in [0.4, 0.5) is 4.39 Å². The molecule has 0 aliphatic carbocycles. The van der Waals surface area contributed by atoms with E-state index in [2.05, 4.69) is 15.5 Å². The van der Waals surface area contributed by atoms with Gasteiger partial charge in [-0.2, -0.15) is 0 Å². The van der Waals surface area contributed by atoms with E-state index in [1.165, 1.54) is 25.5 Å². The average Bonchev–Trinajstić information content (AvgIpc) is 3.22. The van der Waals surface area contributed by atoms with Gasteiger partial charge in [-0.15, -0.1) is 10.2 Å². The molecule has 0 aliphatic rings. The molecule has 1 aromatic heterocycles. The minimum Gasteiger partial charge on any atom is -0.449 e. The van der Waals surface area contributed by atoms with Crippen LogP contribution in [0.5, 0.6) is 0 Å². The van der Waals surface area contributed by atoms with E-state index in [0.717, 1.165) is 5.56 Å². The first-order valence-corrected chi connectivity index (χ1v) is 8.12. The van der Waals surface area contributed by atoms with Crippen LogP contribution in [-0.2, 0) is 16.1 Å². The second-order valence-electron chi connectivity index (χ2n) is 5.71. The highest BCUT2D eigenvalue weighted by Gasteiger charge is 2.19. The van der Waals surface area contributed by atoms with Gasteiger partial charge < -0.3 is 14.5 Å². The first-order valence-electron chi connectivity index (χ1n) is 8.12. The number of carbonyl (C=O) groups excluding carboxylic acids is 2. The van der Waals surface area contributed by atoms with Crippen LogP contribution >= 0.6 is 0 Å². The largest absolute Gasteiger partial charge is 0.449 e. The van der Waals surface area contributed by atoms with Crippen molar-refractivity contribution in [1.82, 2.24) is 15.5 Å². The highest BCUT2D eigenvalue weighted by molar-refractivity contribution is 5.92. The van der Waals surface area contributed by atoms with Crippen molar-refractivity contribution in [2.45, 2.75) is 19.6 Å². The van der Waals surface area contributed by atoms with Crippen molar-refractivity contribution in [3.63, 3.8) is 0 Å². The molecule has 1 N–H and O–H groups in total. The van der Waals surface area contributed by atoms with E-state index < -0.39 is 18.0 Å². The summed E-state index contributed by atoms with van der Waals surface area (Å²) in [6.45, 7) is 1.69. The molecule has 8 heteroatoms. The third-order valence-electron chi connectivity index (χ3n) is 3.76. The van der Waals surface area contributed by atoms with Crippen LogP contribution in [0.2, 0.25) is 0 Å². The third-order valence-corrected chi connectivity index (χ3v) is 3.76. The number of halogens is 1. The van der Waals surface area contributed by atoms with Crippen LogP contribution in [0.25, 0.3) is 11.5 Å².